The van der Waals surface area contributed by atoms with Gasteiger partial charge in [-0.2, -0.15) is 0 Å². The second kappa shape index (κ2) is 5.69. The molecule has 1 N–H and O–H groups in total. The molecule has 0 unspecified atom stereocenters. The van der Waals surface area contributed by atoms with Crippen molar-refractivity contribution >= 4 is 28.7 Å². The Morgan fingerprint density at radius 1 is 1.89 bits per heavy atom. The normalized spacial score (nSPS) is 6.89. The number of hydrogen-bond acceptors (Lipinski definition) is 2. The van der Waals surface area contributed by atoms with E-state index in [1.54, 1.807) is 0 Å². The highest BCUT2D eigenvalue weighted by molar-refractivity contribution is 14.1. The van der Waals surface area contributed by atoms with Gasteiger partial charge >= 0.3 is 6.09 Å². The average Bonchev–Trinajstić information content (AvgIpc) is 1.89. The number of carbonyl (C=O) groups is 1. The van der Waals surface area contributed by atoms with Crippen molar-refractivity contribution in [2.24, 2.45) is 0 Å². The summed E-state index contributed by atoms with van der Waals surface area (Å²) < 4.78 is 6.87. The van der Waals surface area contributed by atoms with E-state index in [1.165, 1.54) is 7.11 Å². The van der Waals surface area contributed by atoms with Crippen molar-refractivity contribution in [1.82, 2.24) is 5.32 Å². The van der Waals surface area contributed by atoms with Gasteiger partial charge in [0, 0.05) is 22.6 Å². The van der Waals surface area contributed by atoms with Gasteiger partial charge in [0.1, 0.15) is 0 Å². The second-order valence-electron chi connectivity index (χ2n) is 1.12. The summed E-state index contributed by atoms with van der Waals surface area (Å²) in [5.41, 5.74) is 0. The van der Waals surface area contributed by atoms with Crippen LogP contribution in [-0.4, -0.2) is 19.7 Å². The van der Waals surface area contributed by atoms with E-state index in [0.29, 0.717) is 6.54 Å². The van der Waals surface area contributed by atoms with Crippen molar-refractivity contribution in [2.75, 3.05) is 13.7 Å². The Bertz CT molecular complexity index is 147. The number of halogens is 1. The van der Waals surface area contributed by atoms with Crippen molar-refractivity contribution < 1.29 is 9.53 Å². The van der Waals surface area contributed by atoms with E-state index >= 15 is 0 Å². The van der Waals surface area contributed by atoms with Crippen LogP contribution in [0.4, 0.5) is 4.79 Å². The topological polar surface area (TPSA) is 38.3 Å². The van der Waals surface area contributed by atoms with E-state index in [0.717, 1.165) is 0 Å². The van der Waals surface area contributed by atoms with E-state index in [-0.39, 0.29) is 0 Å². The molecular formula is C5H6INO2. The molecule has 3 nitrogen and oxygen atoms in total. The Labute approximate surface area is 67.3 Å². The summed E-state index contributed by atoms with van der Waals surface area (Å²) in [4.78, 5) is 10.3. The summed E-state index contributed by atoms with van der Waals surface area (Å²) in [6.45, 7) is 0.343. The lowest BCUT2D eigenvalue weighted by atomic mass is 10.7. The SMILES string of the molecule is COC(=O)NCC#CI. The van der Waals surface area contributed by atoms with E-state index in [9.17, 15) is 4.79 Å². The minimum absolute atomic E-state index is 0.343. The Balaban J connectivity index is 3.24. The van der Waals surface area contributed by atoms with Crippen LogP contribution in [0, 0.1) is 9.85 Å². The van der Waals surface area contributed by atoms with Crippen LogP contribution in [0.1, 0.15) is 0 Å². The number of ether oxygens (including phenoxy) is 1. The minimum Gasteiger partial charge on any atom is -0.453 e. The Morgan fingerprint density at radius 3 is 3.00 bits per heavy atom. The Kier molecular flexibility index (Phi) is 5.41. The first kappa shape index (κ1) is 8.56. The fourth-order valence-electron chi connectivity index (χ4n) is 0.222. The lowest BCUT2D eigenvalue weighted by molar-refractivity contribution is 0.172. The molecule has 0 radical (unpaired) electrons. The zero-order valence-electron chi connectivity index (χ0n) is 4.90. The molecule has 0 rings (SSSR count). The molecule has 0 aromatic heterocycles. The van der Waals surface area contributed by atoms with Gasteiger partial charge in [-0.3, -0.25) is 0 Å². The summed E-state index contributed by atoms with van der Waals surface area (Å²) in [5.74, 6) is 2.64. The fraction of sp³-hybridized carbons (Fsp3) is 0.400. The number of alkyl carbamates (subject to hydrolysis) is 1. The van der Waals surface area contributed by atoms with Gasteiger partial charge in [0.2, 0.25) is 0 Å². The zero-order valence-corrected chi connectivity index (χ0v) is 7.06. The van der Waals surface area contributed by atoms with E-state index in [2.05, 4.69) is 19.9 Å². The van der Waals surface area contributed by atoms with E-state index < -0.39 is 6.09 Å². The Morgan fingerprint density at radius 2 is 2.56 bits per heavy atom. The lowest BCUT2D eigenvalue weighted by Gasteiger charge is -1.95. The highest BCUT2D eigenvalue weighted by Gasteiger charge is 1.91. The zero-order chi connectivity index (χ0) is 7.11. The van der Waals surface area contributed by atoms with Crippen molar-refractivity contribution in [3.8, 4) is 9.85 Å². The third kappa shape index (κ3) is 5.43. The molecular weight excluding hydrogens is 233 g/mol. The average molecular weight is 239 g/mol. The minimum atomic E-state index is -0.450. The van der Waals surface area contributed by atoms with Gasteiger partial charge in [-0.15, -0.1) is 0 Å². The molecule has 50 valence electrons. The van der Waals surface area contributed by atoms with Crippen molar-refractivity contribution in [2.45, 2.75) is 0 Å². The largest absolute Gasteiger partial charge is 0.453 e. The number of nitrogens with one attached hydrogen (secondary N) is 1. The summed E-state index contributed by atoms with van der Waals surface area (Å²) >= 11 is 1.89. The smallest absolute Gasteiger partial charge is 0.407 e. The molecule has 0 fully saturated rings. The van der Waals surface area contributed by atoms with Crippen LogP contribution in [0.5, 0.6) is 0 Å². The highest BCUT2D eigenvalue weighted by Crippen LogP contribution is 1.71. The predicted octanol–water partition coefficient (Wildman–Crippen LogP) is 0.738. The van der Waals surface area contributed by atoms with Crippen LogP contribution in [0.2, 0.25) is 0 Å². The Hall–Kier alpha value is -0.440. The van der Waals surface area contributed by atoms with Crippen LogP contribution < -0.4 is 5.32 Å². The van der Waals surface area contributed by atoms with Crippen LogP contribution in [0.3, 0.4) is 0 Å². The second-order valence-corrected chi connectivity index (χ2v) is 1.66. The molecule has 0 aliphatic carbocycles. The molecule has 0 aromatic rings. The van der Waals surface area contributed by atoms with Crippen LogP contribution in [0.25, 0.3) is 0 Å². The molecule has 1 amide bonds. The molecule has 0 atom stereocenters. The van der Waals surface area contributed by atoms with Gasteiger partial charge in [0.05, 0.1) is 13.7 Å². The monoisotopic (exact) mass is 239 g/mol. The first-order valence-corrected chi connectivity index (χ1v) is 3.29. The van der Waals surface area contributed by atoms with Gasteiger partial charge < -0.3 is 10.1 Å². The molecule has 0 aromatic carbocycles. The van der Waals surface area contributed by atoms with Gasteiger partial charge in [0.15, 0.2) is 0 Å². The number of rotatable bonds is 1. The number of methoxy groups -OCH3 is 1. The molecule has 9 heavy (non-hydrogen) atoms. The third-order valence-electron chi connectivity index (χ3n) is 0.573. The van der Waals surface area contributed by atoms with E-state index in [1.807, 2.05) is 22.6 Å². The molecule has 0 spiro atoms. The maximum atomic E-state index is 10.3. The van der Waals surface area contributed by atoms with Gasteiger partial charge in [-0.1, -0.05) is 5.92 Å². The van der Waals surface area contributed by atoms with E-state index in [4.69, 9.17) is 0 Å². The first-order valence-electron chi connectivity index (χ1n) is 2.21. The molecule has 0 saturated heterocycles. The van der Waals surface area contributed by atoms with Crippen LogP contribution in [0.15, 0.2) is 0 Å². The van der Waals surface area contributed by atoms with Gasteiger partial charge in [0.25, 0.3) is 0 Å². The van der Waals surface area contributed by atoms with Crippen LogP contribution >= 0.6 is 22.6 Å². The number of hydrogen-bond donors (Lipinski definition) is 1. The molecule has 0 aliphatic rings. The summed E-state index contributed by atoms with van der Waals surface area (Å²) in [6, 6.07) is 0. The lowest BCUT2D eigenvalue weighted by Crippen LogP contribution is -2.22. The standard InChI is InChI=1S/C5H6INO2/c1-9-5(8)7-4-2-3-6/h4H2,1H3,(H,7,8). The maximum Gasteiger partial charge on any atom is 0.407 e. The van der Waals surface area contributed by atoms with Crippen LogP contribution in [-0.2, 0) is 4.74 Å². The molecule has 0 bridgehead atoms. The maximum absolute atomic E-state index is 10.3. The molecule has 0 heterocycles. The number of amides is 1. The first-order chi connectivity index (χ1) is 4.31. The van der Waals surface area contributed by atoms with Crippen molar-refractivity contribution in [3.63, 3.8) is 0 Å². The summed E-state index contributed by atoms with van der Waals surface area (Å²) in [6.07, 6.45) is -0.450. The third-order valence-corrected chi connectivity index (χ3v) is 0.955. The van der Waals surface area contributed by atoms with Gasteiger partial charge in [-0.05, 0) is 3.93 Å². The van der Waals surface area contributed by atoms with Crippen molar-refractivity contribution in [3.05, 3.63) is 0 Å². The fourth-order valence-corrected chi connectivity index (χ4v) is 0.413. The quantitative estimate of drug-likeness (QED) is 0.541. The summed E-state index contributed by atoms with van der Waals surface area (Å²) in [5, 5.41) is 2.39. The molecule has 4 heteroatoms. The predicted molar refractivity (Wildman–Crippen MR) is 42.2 cm³/mol. The number of carbonyl (C=O) groups excluding carboxylic acids is 1. The highest BCUT2D eigenvalue weighted by atomic mass is 127. The van der Waals surface area contributed by atoms with Crippen molar-refractivity contribution in [1.29, 1.82) is 0 Å². The molecule has 0 aliphatic heterocycles. The van der Waals surface area contributed by atoms with Gasteiger partial charge in [-0.25, -0.2) is 4.79 Å². The summed E-state index contributed by atoms with van der Waals surface area (Å²) in [7, 11) is 1.31. The molecule has 0 saturated carbocycles.